The van der Waals surface area contributed by atoms with E-state index in [1.807, 2.05) is 23.0 Å². The van der Waals surface area contributed by atoms with Crippen LogP contribution in [0.4, 0.5) is 5.95 Å². The van der Waals surface area contributed by atoms with Crippen molar-refractivity contribution in [2.24, 2.45) is 0 Å². The van der Waals surface area contributed by atoms with Crippen LogP contribution in [0.5, 0.6) is 0 Å². The zero-order valence-electron chi connectivity index (χ0n) is 16.8. The first-order chi connectivity index (χ1) is 14.2. The van der Waals surface area contributed by atoms with E-state index in [1.165, 1.54) is 12.8 Å². The van der Waals surface area contributed by atoms with Gasteiger partial charge in [-0.1, -0.05) is 6.07 Å². The standard InChI is InChI=1S/C22H25N7/c1-28(2)17-6-4-16(5-7-17)26-22-25-14-21-18(9-12-29(21)27-22)15-3-8-19-20(13-15)24-11-10-23-19/h3,8-14,16-17H,4-7H2,1-2H3,(H,26,27). The van der Waals surface area contributed by atoms with Gasteiger partial charge in [0.1, 0.15) is 0 Å². The van der Waals surface area contributed by atoms with Gasteiger partial charge in [-0.15, -0.1) is 5.10 Å². The summed E-state index contributed by atoms with van der Waals surface area (Å²) in [6.45, 7) is 0. The molecule has 0 unspecified atom stereocenters. The summed E-state index contributed by atoms with van der Waals surface area (Å²) < 4.78 is 1.90. The highest BCUT2D eigenvalue weighted by molar-refractivity contribution is 5.86. The third-order valence-corrected chi connectivity index (χ3v) is 5.96. The zero-order valence-corrected chi connectivity index (χ0v) is 16.8. The van der Waals surface area contributed by atoms with Gasteiger partial charge in [0.15, 0.2) is 0 Å². The van der Waals surface area contributed by atoms with E-state index in [2.05, 4.69) is 62.6 Å². The minimum absolute atomic E-state index is 0.442. The third-order valence-electron chi connectivity index (χ3n) is 5.96. The third kappa shape index (κ3) is 3.53. The van der Waals surface area contributed by atoms with Crippen molar-refractivity contribution in [2.45, 2.75) is 37.8 Å². The summed E-state index contributed by atoms with van der Waals surface area (Å²) in [4.78, 5) is 15.7. The molecule has 0 atom stereocenters. The monoisotopic (exact) mass is 387 g/mol. The summed E-state index contributed by atoms with van der Waals surface area (Å²) in [5.41, 5.74) is 4.95. The quantitative estimate of drug-likeness (QED) is 0.577. The van der Waals surface area contributed by atoms with Crippen LogP contribution in [0.2, 0.25) is 0 Å². The first-order valence-corrected chi connectivity index (χ1v) is 10.2. The number of rotatable bonds is 4. The molecule has 4 aromatic rings. The van der Waals surface area contributed by atoms with Gasteiger partial charge in [-0.2, -0.15) is 0 Å². The predicted octanol–water partition coefficient (Wildman–Crippen LogP) is 3.62. The number of hydrogen-bond donors (Lipinski definition) is 1. The second-order valence-corrected chi connectivity index (χ2v) is 8.01. The number of nitrogens with zero attached hydrogens (tertiary/aromatic N) is 6. The van der Waals surface area contributed by atoms with Crippen molar-refractivity contribution < 1.29 is 0 Å². The summed E-state index contributed by atoms with van der Waals surface area (Å²) in [5.74, 6) is 0.692. The Balaban J connectivity index is 1.37. The lowest BCUT2D eigenvalue weighted by Crippen LogP contribution is -2.36. The van der Waals surface area contributed by atoms with Crippen molar-refractivity contribution in [3.8, 4) is 11.1 Å². The van der Waals surface area contributed by atoms with Crippen LogP contribution in [-0.4, -0.2) is 55.6 Å². The predicted molar refractivity (Wildman–Crippen MR) is 115 cm³/mol. The summed E-state index contributed by atoms with van der Waals surface area (Å²) >= 11 is 0. The number of benzene rings is 1. The van der Waals surface area contributed by atoms with Gasteiger partial charge < -0.3 is 10.2 Å². The van der Waals surface area contributed by atoms with Gasteiger partial charge in [0, 0.05) is 36.2 Å². The van der Waals surface area contributed by atoms with Gasteiger partial charge >= 0.3 is 0 Å². The molecule has 7 nitrogen and oxygen atoms in total. The fourth-order valence-corrected chi connectivity index (χ4v) is 4.26. The number of fused-ring (bicyclic) bond motifs is 2. The van der Waals surface area contributed by atoms with Crippen molar-refractivity contribution >= 4 is 22.5 Å². The summed E-state index contributed by atoms with van der Waals surface area (Å²) in [6, 6.07) is 9.34. The highest BCUT2D eigenvalue weighted by atomic mass is 15.3. The molecule has 1 saturated carbocycles. The van der Waals surface area contributed by atoms with Crippen molar-refractivity contribution in [2.75, 3.05) is 19.4 Å². The lowest BCUT2D eigenvalue weighted by atomic mass is 9.91. The Kier molecular flexibility index (Phi) is 4.60. The second kappa shape index (κ2) is 7.40. The van der Waals surface area contributed by atoms with Crippen LogP contribution in [-0.2, 0) is 0 Å². The molecule has 0 bridgehead atoms. The molecule has 0 amide bonds. The average Bonchev–Trinajstić information content (AvgIpc) is 3.17. The summed E-state index contributed by atoms with van der Waals surface area (Å²) in [6.07, 6.45) is 12.1. The Morgan fingerprint density at radius 3 is 2.55 bits per heavy atom. The largest absolute Gasteiger partial charge is 0.350 e. The van der Waals surface area contributed by atoms with Crippen molar-refractivity contribution in [1.82, 2.24) is 29.5 Å². The topological polar surface area (TPSA) is 71.2 Å². The minimum atomic E-state index is 0.442. The molecule has 1 aliphatic carbocycles. The van der Waals surface area contributed by atoms with Crippen molar-refractivity contribution in [3.05, 3.63) is 49.1 Å². The van der Waals surface area contributed by atoms with E-state index in [-0.39, 0.29) is 0 Å². The fraction of sp³-hybridized carbons (Fsp3) is 0.364. The lowest BCUT2D eigenvalue weighted by molar-refractivity contribution is 0.221. The molecule has 0 aliphatic heterocycles. The van der Waals surface area contributed by atoms with E-state index in [0.29, 0.717) is 18.0 Å². The van der Waals surface area contributed by atoms with E-state index < -0.39 is 0 Å². The van der Waals surface area contributed by atoms with E-state index in [1.54, 1.807) is 12.4 Å². The molecule has 148 valence electrons. The zero-order chi connectivity index (χ0) is 19.8. The number of aromatic nitrogens is 5. The van der Waals surface area contributed by atoms with Crippen LogP contribution >= 0.6 is 0 Å². The van der Waals surface area contributed by atoms with Gasteiger partial charge in [0.2, 0.25) is 5.95 Å². The van der Waals surface area contributed by atoms with Crippen molar-refractivity contribution in [3.63, 3.8) is 0 Å². The van der Waals surface area contributed by atoms with Crippen LogP contribution in [0.25, 0.3) is 27.7 Å². The molecule has 3 aromatic heterocycles. The van der Waals surface area contributed by atoms with E-state index in [9.17, 15) is 0 Å². The molecule has 1 aliphatic rings. The second-order valence-electron chi connectivity index (χ2n) is 8.01. The normalized spacial score (nSPS) is 19.8. The molecule has 29 heavy (non-hydrogen) atoms. The molecule has 1 N–H and O–H groups in total. The molecule has 1 fully saturated rings. The smallest absolute Gasteiger partial charge is 0.241 e. The molecule has 0 spiro atoms. The van der Waals surface area contributed by atoms with E-state index in [4.69, 9.17) is 0 Å². The molecule has 7 heteroatoms. The average molecular weight is 387 g/mol. The maximum atomic E-state index is 4.69. The SMILES string of the molecule is CN(C)C1CCC(Nc2ncc3c(-c4ccc5nccnc5c4)ccn3n2)CC1. The molecule has 3 heterocycles. The van der Waals surface area contributed by atoms with E-state index >= 15 is 0 Å². The van der Waals surface area contributed by atoms with Gasteiger partial charge in [-0.3, -0.25) is 9.97 Å². The Labute approximate surface area is 169 Å². The molecule has 1 aromatic carbocycles. The summed E-state index contributed by atoms with van der Waals surface area (Å²) in [5, 5.41) is 8.21. The summed E-state index contributed by atoms with van der Waals surface area (Å²) in [7, 11) is 4.34. The maximum absolute atomic E-state index is 4.69. The molecular formula is C22H25N7. The lowest BCUT2D eigenvalue weighted by Gasteiger charge is -2.32. The number of hydrogen-bond acceptors (Lipinski definition) is 6. The first-order valence-electron chi connectivity index (χ1n) is 10.2. The van der Waals surface area contributed by atoms with Gasteiger partial charge in [0.25, 0.3) is 0 Å². The van der Waals surface area contributed by atoms with Crippen LogP contribution in [0.3, 0.4) is 0 Å². The Morgan fingerprint density at radius 2 is 1.76 bits per heavy atom. The van der Waals surface area contributed by atoms with Gasteiger partial charge in [0.05, 0.1) is 22.7 Å². The van der Waals surface area contributed by atoms with Gasteiger partial charge in [-0.25, -0.2) is 9.50 Å². The van der Waals surface area contributed by atoms with E-state index in [0.717, 1.165) is 40.5 Å². The Hall–Kier alpha value is -3.06. The molecule has 5 rings (SSSR count). The molecular weight excluding hydrogens is 362 g/mol. The number of nitrogens with one attached hydrogen (secondary N) is 1. The fourth-order valence-electron chi connectivity index (χ4n) is 4.26. The Morgan fingerprint density at radius 1 is 0.966 bits per heavy atom. The van der Waals surface area contributed by atoms with Crippen molar-refractivity contribution in [1.29, 1.82) is 0 Å². The first kappa shape index (κ1) is 18.0. The van der Waals surface area contributed by atoms with Crippen LogP contribution in [0.1, 0.15) is 25.7 Å². The molecule has 0 radical (unpaired) electrons. The van der Waals surface area contributed by atoms with Gasteiger partial charge in [-0.05, 0) is 63.5 Å². The number of anilines is 1. The minimum Gasteiger partial charge on any atom is -0.350 e. The van der Waals surface area contributed by atoms with Crippen LogP contribution in [0, 0.1) is 0 Å². The Bertz CT molecular complexity index is 1140. The molecule has 0 saturated heterocycles. The highest BCUT2D eigenvalue weighted by Gasteiger charge is 2.23. The van der Waals surface area contributed by atoms with Crippen LogP contribution in [0.15, 0.2) is 49.1 Å². The highest BCUT2D eigenvalue weighted by Crippen LogP contribution is 2.28. The maximum Gasteiger partial charge on any atom is 0.241 e. The van der Waals surface area contributed by atoms with Crippen LogP contribution < -0.4 is 5.32 Å².